The molecule has 0 spiro atoms. The highest BCUT2D eigenvalue weighted by Crippen LogP contribution is 2.47. The second-order valence-corrected chi connectivity index (χ2v) is 8.11. The van der Waals surface area contributed by atoms with Gasteiger partial charge < -0.3 is 9.64 Å². The Kier molecular flexibility index (Phi) is 4.83. The normalized spacial score (nSPS) is 22.3. The van der Waals surface area contributed by atoms with Crippen LogP contribution in [0.3, 0.4) is 0 Å². The fourth-order valence-electron chi connectivity index (χ4n) is 4.63. The summed E-state index contributed by atoms with van der Waals surface area (Å²) in [5.74, 6) is 0.203. The second-order valence-electron chi connectivity index (χ2n) is 8.11. The summed E-state index contributed by atoms with van der Waals surface area (Å²) in [5.41, 5.74) is -0.568. The van der Waals surface area contributed by atoms with Gasteiger partial charge in [0.15, 0.2) is 5.69 Å². The first-order chi connectivity index (χ1) is 15.4. The summed E-state index contributed by atoms with van der Waals surface area (Å²) < 4.78 is 43.9. The van der Waals surface area contributed by atoms with Gasteiger partial charge in [-0.2, -0.15) is 28.2 Å². The minimum atomic E-state index is -4.56. The quantitative estimate of drug-likeness (QED) is 0.601. The number of alkyl halides is 3. The molecule has 166 valence electrons. The molecule has 2 bridgehead atoms. The van der Waals surface area contributed by atoms with Crippen molar-refractivity contribution in [2.75, 3.05) is 13.2 Å². The van der Waals surface area contributed by atoms with Crippen LogP contribution in [0.4, 0.5) is 13.2 Å². The van der Waals surface area contributed by atoms with Crippen LogP contribution in [-0.2, 0) is 6.18 Å². The Balaban J connectivity index is 1.37. The first-order valence-electron chi connectivity index (χ1n) is 10.2. The van der Waals surface area contributed by atoms with Crippen LogP contribution in [0.15, 0.2) is 49.1 Å². The van der Waals surface area contributed by atoms with E-state index in [1.807, 2.05) is 11.0 Å². The average Bonchev–Trinajstić information content (AvgIpc) is 3.54. The van der Waals surface area contributed by atoms with Crippen LogP contribution in [0.5, 0.6) is 5.88 Å². The number of ether oxygens (including phenoxy) is 1. The Labute approximate surface area is 181 Å². The summed E-state index contributed by atoms with van der Waals surface area (Å²) >= 11 is 0. The van der Waals surface area contributed by atoms with Gasteiger partial charge in [0.05, 0.1) is 41.6 Å². The molecule has 0 N–H and O–H groups in total. The Morgan fingerprint density at radius 1 is 1.16 bits per heavy atom. The lowest BCUT2D eigenvalue weighted by Crippen LogP contribution is -2.52. The molecule has 5 rings (SSSR count). The van der Waals surface area contributed by atoms with Gasteiger partial charge >= 0.3 is 6.18 Å². The van der Waals surface area contributed by atoms with Gasteiger partial charge in [0.2, 0.25) is 5.88 Å². The van der Waals surface area contributed by atoms with E-state index < -0.39 is 17.4 Å². The van der Waals surface area contributed by atoms with Crippen molar-refractivity contribution in [3.8, 4) is 11.6 Å². The maximum atomic E-state index is 13.6. The third kappa shape index (κ3) is 3.57. The fourth-order valence-corrected chi connectivity index (χ4v) is 4.63. The third-order valence-corrected chi connectivity index (χ3v) is 6.12. The second kappa shape index (κ2) is 7.57. The van der Waals surface area contributed by atoms with Gasteiger partial charge in [-0.3, -0.25) is 4.79 Å². The zero-order chi connectivity index (χ0) is 22.3. The Morgan fingerprint density at radius 3 is 2.62 bits per heavy atom. The molecular weight excluding hydrogens is 425 g/mol. The lowest BCUT2D eigenvalue weighted by atomic mass is 9.96. The lowest BCUT2D eigenvalue weighted by Gasteiger charge is -2.38. The molecule has 3 aromatic rings. The number of benzene rings is 1. The predicted octanol–water partition coefficient (Wildman–Crippen LogP) is 3.15. The van der Waals surface area contributed by atoms with E-state index in [-0.39, 0.29) is 18.4 Å². The van der Waals surface area contributed by atoms with E-state index in [0.29, 0.717) is 29.9 Å². The number of carbonyl (C=O) groups excluding carboxylic acids is 1. The molecule has 32 heavy (non-hydrogen) atoms. The summed E-state index contributed by atoms with van der Waals surface area (Å²) in [7, 11) is 0. The number of piperidine rings is 1. The van der Waals surface area contributed by atoms with Crippen LogP contribution in [0, 0.1) is 5.92 Å². The van der Waals surface area contributed by atoms with Crippen LogP contribution in [0.1, 0.15) is 35.3 Å². The molecule has 2 aromatic heterocycles. The zero-order valence-electron chi connectivity index (χ0n) is 16.9. The average molecular weight is 444 g/mol. The number of para-hydroxylation sites is 1. The molecule has 11 heteroatoms. The van der Waals surface area contributed by atoms with Gasteiger partial charge in [0, 0.05) is 6.54 Å². The third-order valence-electron chi connectivity index (χ3n) is 6.12. The monoisotopic (exact) mass is 444 g/mol. The number of aromatic nitrogens is 5. The summed E-state index contributed by atoms with van der Waals surface area (Å²) in [6.45, 7) is 0.735. The van der Waals surface area contributed by atoms with Crippen molar-refractivity contribution in [1.29, 1.82) is 0 Å². The Bertz CT molecular complexity index is 1120. The van der Waals surface area contributed by atoms with Crippen LogP contribution in [0.2, 0.25) is 0 Å². The first-order valence-corrected chi connectivity index (χ1v) is 10.2. The number of hydrogen-bond acceptors (Lipinski definition) is 6. The van der Waals surface area contributed by atoms with Crippen molar-refractivity contribution >= 4 is 5.91 Å². The van der Waals surface area contributed by atoms with Crippen LogP contribution < -0.4 is 4.74 Å². The highest BCUT2D eigenvalue weighted by atomic mass is 19.4. The number of carbonyl (C=O) groups is 1. The minimum Gasteiger partial charge on any atom is -0.474 e. The number of nitrogens with zero attached hydrogens (tertiary/aromatic N) is 6. The highest BCUT2D eigenvalue weighted by molar-refractivity contribution is 5.98. The molecular formula is C21H19F3N6O2. The van der Waals surface area contributed by atoms with Crippen LogP contribution in [0.25, 0.3) is 5.69 Å². The summed E-state index contributed by atoms with van der Waals surface area (Å²) in [6, 6.07) is 7.12. The van der Waals surface area contributed by atoms with E-state index in [9.17, 15) is 18.0 Å². The molecule has 0 radical (unpaired) electrons. The number of fused-ring (bicyclic) bond motifs is 2. The van der Waals surface area contributed by atoms with Crippen molar-refractivity contribution in [2.24, 2.45) is 5.92 Å². The Hall–Kier alpha value is -3.50. The van der Waals surface area contributed by atoms with E-state index in [1.165, 1.54) is 4.80 Å². The molecule has 1 saturated carbocycles. The molecule has 1 amide bonds. The first kappa shape index (κ1) is 20.4. The van der Waals surface area contributed by atoms with Gasteiger partial charge in [-0.15, -0.1) is 0 Å². The van der Waals surface area contributed by atoms with Crippen LogP contribution >= 0.6 is 0 Å². The van der Waals surface area contributed by atoms with Gasteiger partial charge in [-0.25, -0.2) is 9.97 Å². The maximum Gasteiger partial charge on any atom is 0.434 e. The zero-order valence-corrected chi connectivity index (χ0v) is 16.9. The topological polar surface area (TPSA) is 86.0 Å². The minimum absolute atomic E-state index is 0.00346. The number of amides is 1. The van der Waals surface area contributed by atoms with E-state index in [0.717, 1.165) is 25.5 Å². The number of hydrogen-bond donors (Lipinski definition) is 0. The molecule has 8 nitrogen and oxygen atoms in total. The number of rotatable bonds is 5. The van der Waals surface area contributed by atoms with Crippen LogP contribution in [-0.4, -0.2) is 54.5 Å². The van der Waals surface area contributed by atoms with E-state index in [1.54, 1.807) is 30.6 Å². The van der Waals surface area contributed by atoms with Crippen molar-refractivity contribution in [3.05, 3.63) is 60.3 Å². The molecule has 2 atom stereocenters. The molecule has 2 unspecified atom stereocenters. The molecule has 1 saturated heterocycles. The summed E-state index contributed by atoms with van der Waals surface area (Å²) in [6.07, 6.45) is 2.62. The van der Waals surface area contributed by atoms with E-state index >= 15 is 0 Å². The lowest BCUT2D eigenvalue weighted by molar-refractivity contribution is -0.141. The molecule has 1 aliphatic carbocycles. The largest absolute Gasteiger partial charge is 0.474 e. The Morgan fingerprint density at radius 2 is 1.94 bits per heavy atom. The molecule has 1 aliphatic heterocycles. The SMILES string of the molecule is O=C(c1ccccc1-n1nccn1)N1CC2CCC1(COc1cnc(C(F)(F)F)cn1)C2. The van der Waals surface area contributed by atoms with Crippen molar-refractivity contribution in [3.63, 3.8) is 0 Å². The molecule has 1 aromatic carbocycles. The molecule has 2 fully saturated rings. The molecule has 2 aliphatic rings. The van der Waals surface area contributed by atoms with Gasteiger partial charge in [0.1, 0.15) is 6.61 Å². The van der Waals surface area contributed by atoms with Crippen molar-refractivity contribution in [2.45, 2.75) is 31.0 Å². The smallest absolute Gasteiger partial charge is 0.434 e. The highest BCUT2D eigenvalue weighted by Gasteiger charge is 2.53. The van der Waals surface area contributed by atoms with Gasteiger partial charge in [-0.05, 0) is 37.3 Å². The van der Waals surface area contributed by atoms with Crippen molar-refractivity contribution in [1.82, 2.24) is 29.9 Å². The van der Waals surface area contributed by atoms with Gasteiger partial charge in [0.25, 0.3) is 5.91 Å². The van der Waals surface area contributed by atoms with E-state index in [2.05, 4.69) is 20.2 Å². The number of halogens is 3. The maximum absolute atomic E-state index is 13.6. The molecule has 3 heterocycles. The van der Waals surface area contributed by atoms with E-state index in [4.69, 9.17) is 4.74 Å². The van der Waals surface area contributed by atoms with Crippen molar-refractivity contribution < 1.29 is 22.7 Å². The standard InChI is InChI=1S/C21H19F3N6O2/c22-21(23,24)17-10-26-18(11-25-17)32-13-20-6-5-14(9-20)12-29(20)19(31)15-3-1-2-4-16(15)30-27-7-8-28-30/h1-4,7-8,10-11,14H,5-6,9,12-13H2. The fraction of sp³-hybridized carbons (Fsp3) is 0.381. The summed E-state index contributed by atoms with van der Waals surface area (Å²) in [4.78, 5) is 23.9. The summed E-state index contributed by atoms with van der Waals surface area (Å²) in [5, 5.41) is 8.27. The van der Waals surface area contributed by atoms with Gasteiger partial charge in [-0.1, -0.05) is 12.1 Å². The number of likely N-dealkylation sites (tertiary alicyclic amines) is 1. The predicted molar refractivity (Wildman–Crippen MR) is 105 cm³/mol.